The highest BCUT2D eigenvalue weighted by Gasteiger charge is 2.28. The first-order valence-corrected chi connectivity index (χ1v) is 7.06. The van der Waals surface area contributed by atoms with E-state index in [1.165, 1.54) is 0 Å². The van der Waals surface area contributed by atoms with E-state index in [4.69, 9.17) is 4.74 Å². The van der Waals surface area contributed by atoms with Crippen LogP contribution < -0.4 is 4.74 Å². The number of carbonyl (C=O) groups is 1. The van der Waals surface area contributed by atoms with Crippen molar-refractivity contribution in [1.82, 2.24) is 4.98 Å². The van der Waals surface area contributed by atoms with Gasteiger partial charge in [-0.15, -0.1) is 0 Å². The zero-order valence-corrected chi connectivity index (χ0v) is 11.9. The molecule has 0 radical (unpaired) electrons. The van der Waals surface area contributed by atoms with Gasteiger partial charge in [0.2, 0.25) is 5.88 Å². The number of aromatic nitrogens is 1. The summed E-state index contributed by atoms with van der Waals surface area (Å²) in [6.07, 6.45) is 2.25. The molecule has 4 heteroatoms. The van der Waals surface area contributed by atoms with Gasteiger partial charge < -0.3 is 9.84 Å². The minimum absolute atomic E-state index is 0.241. The Hall–Kier alpha value is -2.36. The van der Waals surface area contributed by atoms with Gasteiger partial charge in [-0.2, -0.15) is 0 Å². The molecule has 0 unspecified atom stereocenters. The Balaban J connectivity index is 1.88. The van der Waals surface area contributed by atoms with Crippen LogP contribution in [0.15, 0.2) is 36.4 Å². The van der Waals surface area contributed by atoms with Crippen molar-refractivity contribution >= 4 is 5.97 Å². The zero-order valence-electron chi connectivity index (χ0n) is 11.9. The molecule has 108 valence electrons. The van der Waals surface area contributed by atoms with Gasteiger partial charge in [0.05, 0.1) is 5.56 Å². The molecule has 0 amide bonds. The molecule has 1 heterocycles. The van der Waals surface area contributed by atoms with E-state index in [0.29, 0.717) is 17.4 Å². The number of hydrogen-bond donors (Lipinski definition) is 1. The third-order valence-corrected chi connectivity index (χ3v) is 3.69. The molecule has 0 bridgehead atoms. The molecule has 21 heavy (non-hydrogen) atoms. The van der Waals surface area contributed by atoms with Crippen LogP contribution in [0.5, 0.6) is 5.88 Å². The van der Waals surface area contributed by atoms with Crippen molar-refractivity contribution < 1.29 is 14.6 Å². The number of ether oxygens (including phenoxy) is 1. The average Bonchev–Trinajstić information content (AvgIpc) is 3.29. The number of pyridine rings is 1. The predicted octanol–water partition coefficient (Wildman–Crippen LogP) is 3.54. The molecule has 0 spiro atoms. The van der Waals surface area contributed by atoms with Crippen molar-refractivity contribution in [2.75, 3.05) is 0 Å². The molecule has 2 aromatic rings. The Bertz CT molecular complexity index is 677. The minimum Gasteiger partial charge on any atom is -0.478 e. The first-order valence-electron chi connectivity index (χ1n) is 7.06. The smallest absolute Gasteiger partial charge is 0.336 e. The maximum Gasteiger partial charge on any atom is 0.336 e. The normalized spacial score (nSPS) is 14.0. The van der Waals surface area contributed by atoms with E-state index in [0.717, 1.165) is 29.7 Å². The SMILES string of the molecule is Cc1cccc(OCc2c(C(=O)O)cccc2C2CC2)n1. The first-order chi connectivity index (χ1) is 10.1. The van der Waals surface area contributed by atoms with E-state index < -0.39 is 5.97 Å². The summed E-state index contributed by atoms with van der Waals surface area (Å²) in [6, 6.07) is 11.0. The van der Waals surface area contributed by atoms with Gasteiger partial charge >= 0.3 is 5.97 Å². The van der Waals surface area contributed by atoms with E-state index in [9.17, 15) is 9.90 Å². The van der Waals surface area contributed by atoms with Gasteiger partial charge in [-0.1, -0.05) is 18.2 Å². The molecule has 0 atom stereocenters. The van der Waals surface area contributed by atoms with Crippen LogP contribution in [0.1, 0.15) is 45.9 Å². The standard InChI is InChI=1S/C17H17NO3/c1-11-4-2-7-16(18-11)21-10-15-13(12-8-9-12)5-3-6-14(15)17(19)20/h2-7,12H,8-10H2,1H3,(H,19,20). The second kappa shape index (κ2) is 5.56. The van der Waals surface area contributed by atoms with Crippen molar-refractivity contribution in [3.05, 3.63) is 58.8 Å². The van der Waals surface area contributed by atoms with Crippen LogP contribution in [-0.4, -0.2) is 16.1 Å². The van der Waals surface area contributed by atoms with E-state index in [1.807, 2.05) is 31.2 Å². The van der Waals surface area contributed by atoms with Crippen LogP contribution in [0.25, 0.3) is 0 Å². The monoisotopic (exact) mass is 283 g/mol. The van der Waals surface area contributed by atoms with Crippen molar-refractivity contribution in [1.29, 1.82) is 0 Å². The van der Waals surface area contributed by atoms with Crippen LogP contribution in [0, 0.1) is 6.92 Å². The lowest BCUT2D eigenvalue weighted by Gasteiger charge is -2.13. The third-order valence-electron chi connectivity index (χ3n) is 3.69. The Kier molecular flexibility index (Phi) is 3.60. The maximum atomic E-state index is 11.4. The summed E-state index contributed by atoms with van der Waals surface area (Å²) in [4.78, 5) is 15.7. The van der Waals surface area contributed by atoms with E-state index in [-0.39, 0.29) is 6.61 Å². The van der Waals surface area contributed by atoms with Crippen LogP contribution >= 0.6 is 0 Å². The molecule has 1 fully saturated rings. The fraction of sp³-hybridized carbons (Fsp3) is 0.294. The van der Waals surface area contributed by atoms with E-state index in [2.05, 4.69) is 4.98 Å². The van der Waals surface area contributed by atoms with Gasteiger partial charge in [-0.25, -0.2) is 9.78 Å². The largest absolute Gasteiger partial charge is 0.478 e. The maximum absolute atomic E-state index is 11.4. The van der Waals surface area contributed by atoms with Crippen molar-refractivity contribution in [2.24, 2.45) is 0 Å². The Morgan fingerprint density at radius 1 is 1.29 bits per heavy atom. The summed E-state index contributed by atoms with van der Waals surface area (Å²) >= 11 is 0. The van der Waals surface area contributed by atoms with Gasteiger partial charge in [0.25, 0.3) is 0 Å². The lowest BCUT2D eigenvalue weighted by Crippen LogP contribution is -2.09. The molecular formula is C17H17NO3. The fourth-order valence-electron chi connectivity index (χ4n) is 2.49. The van der Waals surface area contributed by atoms with Crippen LogP contribution in [-0.2, 0) is 6.61 Å². The highest BCUT2D eigenvalue weighted by Crippen LogP contribution is 2.42. The summed E-state index contributed by atoms with van der Waals surface area (Å²) in [5.74, 6) is 0.0959. The van der Waals surface area contributed by atoms with Gasteiger partial charge in [-0.05, 0) is 43.4 Å². The molecule has 1 N–H and O–H groups in total. The van der Waals surface area contributed by atoms with Crippen molar-refractivity contribution in [2.45, 2.75) is 32.3 Å². The van der Waals surface area contributed by atoms with Gasteiger partial charge in [0.1, 0.15) is 6.61 Å². The minimum atomic E-state index is -0.909. The number of nitrogens with zero attached hydrogens (tertiary/aromatic N) is 1. The molecule has 3 rings (SSSR count). The Labute approximate surface area is 123 Å². The summed E-state index contributed by atoms with van der Waals surface area (Å²) in [7, 11) is 0. The molecule has 1 aliphatic carbocycles. The molecule has 1 aromatic heterocycles. The number of rotatable bonds is 5. The number of carboxylic acid groups (broad SMARTS) is 1. The predicted molar refractivity (Wildman–Crippen MR) is 78.7 cm³/mol. The first kappa shape index (κ1) is 13.6. The molecule has 4 nitrogen and oxygen atoms in total. The topological polar surface area (TPSA) is 59.4 Å². The molecule has 1 aliphatic rings. The van der Waals surface area contributed by atoms with Crippen LogP contribution in [0.2, 0.25) is 0 Å². The second-order valence-electron chi connectivity index (χ2n) is 5.36. The lowest BCUT2D eigenvalue weighted by molar-refractivity contribution is 0.0693. The van der Waals surface area contributed by atoms with Gasteiger partial charge in [-0.3, -0.25) is 0 Å². The summed E-state index contributed by atoms with van der Waals surface area (Å²) in [5, 5.41) is 9.36. The quantitative estimate of drug-likeness (QED) is 0.911. The molecule has 0 aliphatic heterocycles. The fourth-order valence-corrected chi connectivity index (χ4v) is 2.49. The second-order valence-corrected chi connectivity index (χ2v) is 5.36. The molecular weight excluding hydrogens is 266 g/mol. The van der Waals surface area contributed by atoms with E-state index in [1.54, 1.807) is 12.1 Å². The zero-order chi connectivity index (χ0) is 14.8. The number of carboxylic acids is 1. The van der Waals surface area contributed by atoms with Crippen LogP contribution in [0.4, 0.5) is 0 Å². The molecule has 1 saturated carbocycles. The number of benzene rings is 1. The third kappa shape index (κ3) is 3.05. The number of hydrogen-bond acceptors (Lipinski definition) is 3. The molecule has 0 saturated heterocycles. The highest BCUT2D eigenvalue weighted by molar-refractivity contribution is 5.89. The Morgan fingerprint density at radius 2 is 2.05 bits per heavy atom. The molecule has 1 aromatic carbocycles. The number of aryl methyl sites for hydroxylation is 1. The summed E-state index contributed by atoms with van der Waals surface area (Å²) in [6.45, 7) is 2.14. The summed E-state index contributed by atoms with van der Waals surface area (Å²) < 4.78 is 5.71. The Morgan fingerprint density at radius 3 is 2.71 bits per heavy atom. The van der Waals surface area contributed by atoms with Gasteiger partial charge in [0.15, 0.2) is 0 Å². The highest BCUT2D eigenvalue weighted by atomic mass is 16.5. The summed E-state index contributed by atoms with van der Waals surface area (Å²) in [5.41, 5.74) is 3.08. The average molecular weight is 283 g/mol. The van der Waals surface area contributed by atoms with Crippen molar-refractivity contribution in [3.63, 3.8) is 0 Å². The van der Waals surface area contributed by atoms with Crippen molar-refractivity contribution in [3.8, 4) is 5.88 Å². The van der Waals surface area contributed by atoms with Gasteiger partial charge in [0, 0.05) is 17.3 Å². The lowest BCUT2D eigenvalue weighted by atomic mass is 9.98. The van der Waals surface area contributed by atoms with Crippen LogP contribution in [0.3, 0.4) is 0 Å². The number of aromatic carboxylic acids is 1. The van der Waals surface area contributed by atoms with E-state index >= 15 is 0 Å².